The SMILES string of the molecule is CCCCOc1ccc(C2C(=C(O)c3ccc4c(c3)CC(C)O4)C(=O)C(=O)N2c2nnc(SCc3ccc(F)cc3)s2)cc1OCC. The molecule has 0 spiro atoms. The molecule has 3 heterocycles. The summed E-state index contributed by atoms with van der Waals surface area (Å²) in [6.45, 7) is 6.78. The standard InChI is InChI=1S/C35H34FN3O6S2/c1-4-6-15-44-27-14-9-22(18-28(27)43-5-2)30-29(31(40)23-10-13-26-24(17-23)16-20(3)45-26)32(41)33(42)39(30)34-37-38-35(47-34)46-19-21-7-11-25(36)12-8-21/h7-14,17-18,20,30,40H,4-6,15-16,19H2,1-3H3. The zero-order chi connectivity index (χ0) is 33.1. The van der Waals surface area contributed by atoms with Crippen molar-refractivity contribution in [1.82, 2.24) is 10.2 Å². The molecular weight excluding hydrogens is 642 g/mol. The van der Waals surface area contributed by atoms with Crippen LogP contribution in [0.2, 0.25) is 0 Å². The molecule has 4 aromatic rings. The molecule has 3 aromatic carbocycles. The van der Waals surface area contributed by atoms with Crippen molar-refractivity contribution in [2.24, 2.45) is 0 Å². The molecule has 2 atom stereocenters. The number of nitrogens with zero attached hydrogens (tertiary/aromatic N) is 3. The van der Waals surface area contributed by atoms with Crippen molar-refractivity contribution < 1.29 is 33.3 Å². The maximum atomic E-state index is 13.8. The second-order valence-corrected chi connectivity index (χ2v) is 13.4. The van der Waals surface area contributed by atoms with Gasteiger partial charge in [0, 0.05) is 17.7 Å². The normalized spacial score (nSPS) is 18.3. The van der Waals surface area contributed by atoms with E-state index in [1.165, 1.54) is 28.8 Å². The topological polar surface area (TPSA) is 111 Å². The van der Waals surface area contributed by atoms with Crippen molar-refractivity contribution in [2.45, 2.75) is 62.3 Å². The third-order valence-electron chi connectivity index (χ3n) is 7.83. The summed E-state index contributed by atoms with van der Waals surface area (Å²) in [6.07, 6.45) is 2.50. The van der Waals surface area contributed by atoms with Crippen LogP contribution in [0.1, 0.15) is 61.9 Å². The molecule has 2 unspecified atom stereocenters. The lowest BCUT2D eigenvalue weighted by atomic mass is 9.94. The minimum atomic E-state index is -1.02. The number of aromatic nitrogens is 2. The van der Waals surface area contributed by atoms with E-state index in [0.717, 1.165) is 41.1 Å². The summed E-state index contributed by atoms with van der Waals surface area (Å²) in [6, 6.07) is 15.7. The van der Waals surface area contributed by atoms with Crippen molar-refractivity contribution in [3.05, 3.63) is 94.3 Å². The van der Waals surface area contributed by atoms with Gasteiger partial charge in [-0.1, -0.05) is 54.6 Å². The molecule has 6 rings (SSSR count). The highest BCUT2D eigenvalue weighted by Gasteiger charge is 2.48. The summed E-state index contributed by atoms with van der Waals surface area (Å²) in [5.74, 6) is -0.0396. The van der Waals surface area contributed by atoms with Gasteiger partial charge in [-0.25, -0.2) is 4.39 Å². The smallest absolute Gasteiger partial charge is 0.301 e. The van der Waals surface area contributed by atoms with Gasteiger partial charge in [0.2, 0.25) is 5.13 Å². The highest BCUT2D eigenvalue weighted by Crippen LogP contribution is 2.46. The maximum absolute atomic E-state index is 13.8. The summed E-state index contributed by atoms with van der Waals surface area (Å²) < 4.78 is 31.7. The molecule has 2 aliphatic heterocycles. The number of thioether (sulfide) groups is 1. The van der Waals surface area contributed by atoms with Crippen LogP contribution in [-0.4, -0.2) is 46.3 Å². The minimum Gasteiger partial charge on any atom is -0.507 e. The summed E-state index contributed by atoms with van der Waals surface area (Å²) in [7, 11) is 0. The highest BCUT2D eigenvalue weighted by molar-refractivity contribution is 8.00. The number of amides is 1. The lowest BCUT2D eigenvalue weighted by molar-refractivity contribution is -0.132. The maximum Gasteiger partial charge on any atom is 0.301 e. The molecule has 47 heavy (non-hydrogen) atoms. The number of anilines is 1. The van der Waals surface area contributed by atoms with Gasteiger partial charge in [0.15, 0.2) is 15.8 Å². The average Bonchev–Trinajstić information content (AvgIpc) is 3.76. The highest BCUT2D eigenvalue weighted by atomic mass is 32.2. The number of ether oxygens (including phenoxy) is 3. The lowest BCUT2D eigenvalue weighted by Gasteiger charge is -2.23. The first-order valence-electron chi connectivity index (χ1n) is 15.5. The molecule has 9 nitrogen and oxygen atoms in total. The van der Waals surface area contributed by atoms with Crippen molar-refractivity contribution >= 4 is 45.7 Å². The van der Waals surface area contributed by atoms with Crippen LogP contribution in [0, 0.1) is 5.82 Å². The van der Waals surface area contributed by atoms with Crippen LogP contribution in [0.4, 0.5) is 9.52 Å². The number of carbonyl (C=O) groups excluding carboxylic acids is 2. The zero-order valence-electron chi connectivity index (χ0n) is 26.2. The molecular formula is C35H34FN3O6S2. The summed E-state index contributed by atoms with van der Waals surface area (Å²) in [5.41, 5.74) is 2.67. The van der Waals surface area contributed by atoms with Gasteiger partial charge in [0.25, 0.3) is 5.78 Å². The number of carbonyl (C=O) groups is 2. The molecule has 0 radical (unpaired) electrons. The van der Waals surface area contributed by atoms with Gasteiger partial charge in [-0.3, -0.25) is 14.5 Å². The van der Waals surface area contributed by atoms with Crippen molar-refractivity contribution in [1.29, 1.82) is 0 Å². The first-order chi connectivity index (χ1) is 22.8. The molecule has 12 heteroatoms. The number of benzene rings is 3. The van der Waals surface area contributed by atoms with Crippen LogP contribution in [0.5, 0.6) is 17.2 Å². The zero-order valence-corrected chi connectivity index (χ0v) is 27.8. The predicted molar refractivity (Wildman–Crippen MR) is 179 cm³/mol. The number of Topliss-reactive ketones (excluding diaryl/α,β-unsaturated/α-hetero) is 1. The van der Waals surface area contributed by atoms with E-state index in [1.807, 2.05) is 13.8 Å². The van der Waals surface area contributed by atoms with Gasteiger partial charge in [0.1, 0.15) is 23.4 Å². The number of unbranched alkanes of at least 4 members (excludes halogenated alkanes) is 1. The Morgan fingerprint density at radius 2 is 1.87 bits per heavy atom. The van der Waals surface area contributed by atoms with E-state index in [9.17, 15) is 19.1 Å². The Kier molecular flexibility index (Phi) is 9.79. The van der Waals surface area contributed by atoms with E-state index in [0.29, 0.717) is 52.4 Å². The number of hydrogen-bond donors (Lipinski definition) is 1. The van der Waals surface area contributed by atoms with Gasteiger partial charge in [-0.05, 0) is 79.4 Å². The molecule has 0 aliphatic carbocycles. The fraction of sp³-hybridized carbons (Fsp3) is 0.314. The van der Waals surface area contributed by atoms with E-state index < -0.39 is 17.7 Å². The number of halogens is 1. The molecule has 1 aromatic heterocycles. The first kappa shape index (κ1) is 32.5. The van der Waals surface area contributed by atoms with Crippen molar-refractivity contribution in [3.63, 3.8) is 0 Å². The lowest BCUT2D eigenvalue weighted by Crippen LogP contribution is -2.29. The Balaban J connectivity index is 1.41. The monoisotopic (exact) mass is 675 g/mol. The second-order valence-electron chi connectivity index (χ2n) is 11.2. The number of rotatable bonds is 12. The van der Waals surface area contributed by atoms with E-state index in [4.69, 9.17) is 14.2 Å². The quantitative estimate of drug-likeness (QED) is 0.0408. The molecule has 1 N–H and O–H groups in total. The van der Waals surface area contributed by atoms with Crippen molar-refractivity contribution in [3.8, 4) is 17.2 Å². The fourth-order valence-corrected chi connectivity index (χ4v) is 7.39. The summed E-state index contributed by atoms with van der Waals surface area (Å²) in [4.78, 5) is 28.9. The average molecular weight is 676 g/mol. The Bertz CT molecular complexity index is 1830. The minimum absolute atomic E-state index is 0.00412. The van der Waals surface area contributed by atoms with Crippen LogP contribution in [0.3, 0.4) is 0 Å². The fourth-order valence-electron chi connectivity index (χ4n) is 5.56. The predicted octanol–water partition coefficient (Wildman–Crippen LogP) is 7.50. The van der Waals surface area contributed by atoms with Gasteiger partial charge in [-0.15, -0.1) is 10.2 Å². The number of ketones is 1. The van der Waals surface area contributed by atoms with Crippen LogP contribution >= 0.6 is 23.1 Å². The van der Waals surface area contributed by atoms with Gasteiger partial charge in [0.05, 0.1) is 24.8 Å². The Morgan fingerprint density at radius 1 is 1.06 bits per heavy atom. The second kappa shape index (κ2) is 14.1. The van der Waals surface area contributed by atoms with Crippen LogP contribution in [0.15, 0.2) is 70.6 Å². The van der Waals surface area contributed by atoms with Gasteiger partial charge < -0.3 is 19.3 Å². The van der Waals surface area contributed by atoms with Gasteiger partial charge in [-0.2, -0.15) is 0 Å². The molecule has 244 valence electrons. The molecule has 1 saturated heterocycles. The van der Waals surface area contributed by atoms with Crippen LogP contribution in [-0.2, 0) is 21.8 Å². The first-order valence-corrected chi connectivity index (χ1v) is 17.3. The number of fused-ring (bicyclic) bond motifs is 1. The third-order valence-corrected chi connectivity index (χ3v) is 9.96. The Morgan fingerprint density at radius 3 is 2.64 bits per heavy atom. The number of aliphatic hydroxyl groups is 1. The molecule has 0 bridgehead atoms. The summed E-state index contributed by atoms with van der Waals surface area (Å²) >= 11 is 2.54. The van der Waals surface area contributed by atoms with Crippen LogP contribution < -0.4 is 19.1 Å². The van der Waals surface area contributed by atoms with Gasteiger partial charge >= 0.3 is 5.91 Å². The largest absolute Gasteiger partial charge is 0.507 e. The molecule has 2 aliphatic rings. The Labute approximate surface area is 280 Å². The number of hydrogen-bond acceptors (Lipinski definition) is 10. The van der Waals surface area contributed by atoms with Crippen molar-refractivity contribution in [2.75, 3.05) is 18.1 Å². The van der Waals surface area contributed by atoms with E-state index >= 15 is 0 Å². The molecule has 0 saturated carbocycles. The van der Waals surface area contributed by atoms with E-state index in [-0.39, 0.29) is 28.4 Å². The van der Waals surface area contributed by atoms with E-state index in [2.05, 4.69) is 17.1 Å². The van der Waals surface area contributed by atoms with Crippen LogP contribution in [0.25, 0.3) is 5.76 Å². The van der Waals surface area contributed by atoms with E-state index in [1.54, 1.807) is 48.5 Å². The molecule has 1 amide bonds. The Hall–Kier alpha value is -4.42. The molecule has 1 fully saturated rings. The summed E-state index contributed by atoms with van der Waals surface area (Å²) in [5, 5.41) is 20.5. The number of aliphatic hydroxyl groups excluding tert-OH is 1. The third kappa shape index (κ3) is 6.84.